The van der Waals surface area contributed by atoms with Crippen molar-refractivity contribution in [2.24, 2.45) is 9.98 Å². The molecule has 0 saturated heterocycles. The molecule has 45 heavy (non-hydrogen) atoms. The molecule has 0 aliphatic carbocycles. The van der Waals surface area contributed by atoms with Crippen molar-refractivity contribution < 1.29 is 0 Å². The number of nitrogens with one attached hydrogen (secondary N) is 1. The summed E-state index contributed by atoms with van der Waals surface area (Å²) in [5, 5.41) is 7.15. The number of benzene rings is 5. The fraction of sp³-hybridized carbons (Fsp3) is 0.0500. The minimum Gasteiger partial charge on any atom is -0.310 e. The molecule has 3 heterocycles. The van der Waals surface area contributed by atoms with Gasteiger partial charge in [-0.15, -0.1) is 0 Å². The molecule has 1 unspecified atom stereocenters. The quantitative estimate of drug-likeness (QED) is 0.216. The van der Waals surface area contributed by atoms with Crippen LogP contribution in [0.3, 0.4) is 0 Å². The van der Waals surface area contributed by atoms with Gasteiger partial charge in [-0.25, -0.2) is 9.98 Å². The summed E-state index contributed by atoms with van der Waals surface area (Å²) in [6.45, 7) is 6.36. The number of hydrogen-bond acceptors (Lipinski definition) is 3. The second-order valence-corrected chi connectivity index (χ2v) is 11.1. The summed E-state index contributed by atoms with van der Waals surface area (Å²) >= 11 is 0. The van der Waals surface area contributed by atoms with Gasteiger partial charge in [0.25, 0.3) is 0 Å². The molecule has 0 amide bonds. The Labute approximate surface area is 261 Å². The van der Waals surface area contributed by atoms with Crippen LogP contribution < -0.4 is 5.32 Å². The monoisotopic (exact) mass is 581 g/mol. The average molecular weight is 582 g/mol. The van der Waals surface area contributed by atoms with Gasteiger partial charge in [-0.2, -0.15) is 0 Å². The highest BCUT2D eigenvalue weighted by Gasteiger charge is 2.27. The van der Waals surface area contributed by atoms with Gasteiger partial charge in [0.1, 0.15) is 5.84 Å². The Hall–Kier alpha value is -5.94. The molecule has 0 fully saturated rings. The van der Waals surface area contributed by atoms with E-state index in [-0.39, 0.29) is 0 Å². The van der Waals surface area contributed by atoms with E-state index < -0.39 is 6.17 Å². The van der Waals surface area contributed by atoms with Crippen molar-refractivity contribution in [1.29, 1.82) is 0 Å². The first-order valence-electron chi connectivity index (χ1n) is 15.2. The maximum absolute atomic E-state index is 5.29. The highest BCUT2D eigenvalue weighted by Crippen LogP contribution is 2.40. The summed E-state index contributed by atoms with van der Waals surface area (Å²) in [7, 11) is 0. The molecule has 0 saturated carbocycles. The molecule has 5 nitrogen and oxygen atoms in total. The third-order valence-electron chi connectivity index (χ3n) is 8.46. The zero-order valence-corrected chi connectivity index (χ0v) is 24.9. The van der Waals surface area contributed by atoms with Crippen molar-refractivity contribution in [3.63, 3.8) is 0 Å². The lowest BCUT2D eigenvalue weighted by Gasteiger charge is -2.24. The normalized spacial score (nSPS) is 15.0. The zero-order valence-electron chi connectivity index (χ0n) is 24.9. The van der Waals surface area contributed by atoms with Crippen LogP contribution in [-0.4, -0.2) is 20.9 Å². The summed E-state index contributed by atoms with van der Waals surface area (Å²) < 4.78 is 4.62. The molecule has 0 spiro atoms. The van der Waals surface area contributed by atoms with Gasteiger partial charge in [0.05, 0.1) is 22.2 Å². The van der Waals surface area contributed by atoms with Gasteiger partial charge in [0, 0.05) is 33.0 Å². The van der Waals surface area contributed by atoms with E-state index in [9.17, 15) is 0 Å². The third-order valence-corrected chi connectivity index (χ3v) is 8.46. The average Bonchev–Trinajstić information content (AvgIpc) is 3.62. The molecule has 216 valence electrons. The molecule has 1 atom stereocenters. The van der Waals surface area contributed by atoms with E-state index in [1.165, 1.54) is 10.8 Å². The number of fused-ring (bicyclic) bond motifs is 5. The summed E-state index contributed by atoms with van der Waals surface area (Å²) in [4.78, 5) is 10.4. The minimum atomic E-state index is -0.419. The number of allylic oxidation sites excluding steroid dienone is 1. The highest BCUT2D eigenvalue weighted by atomic mass is 15.3. The van der Waals surface area contributed by atoms with Crippen molar-refractivity contribution in [1.82, 2.24) is 14.5 Å². The Morgan fingerprint density at radius 3 is 2.04 bits per heavy atom. The van der Waals surface area contributed by atoms with Gasteiger partial charge in [-0.05, 0) is 36.8 Å². The number of hydrogen-bond donors (Lipinski definition) is 1. The van der Waals surface area contributed by atoms with Crippen LogP contribution in [0, 0.1) is 0 Å². The van der Waals surface area contributed by atoms with E-state index in [2.05, 4.69) is 131 Å². The summed E-state index contributed by atoms with van der Waals surface area (Å²) in [5.74, 6) is 1.47. The summed E-state index contributed by atoms with van der Waals surface area (Å²) in [6.07, 6.45) is 5.77. The van der Waals surface area contributed by atoms with Crippen LogP contribution in [0.2, 0.25) is 0 Å². The lowest BCUT2D eigenvalue weighted by molar-refractivity contribution is 0.743. The Balaban J connectivity index is 1.51. The first-order valence-corrected chi connectivity index (χ1v) is 15.2. The molecule has 1 N–H and O–H groups in total. The summed E-state index contributed by atoms with van der Waals surface area (Å²) in [5.41, 5.74) is 8.51. The topological polar surface area (TPSA) is 46.6 Å². The Morgan fingerprint density at radius 2 is 1.31 bits per heavy atom. The van der Waals surface area contributed by atoms with Gasteiger partial charge in [0.15, 0.2) is 6.17 Å². The second-order valence-electron chi connectivity index (χ2n) is 11.1. The van der Waals surface area contributed by atoms with Crippen LogP contribution in [0.25, 0.3) is 50.5 Å². The van der Waals surface area contributed by atoms with Crippen LogP contribution in [0.4, 0.5) is 0 Å². The maximum Gasteiger partial charge on any atom is 0.211 e. The fourth-order valence-electron chi connectivity index (χ4n) is 6.54. The minimum absolute atomic E-state index is 0.419. The molecule has 0 bridgehead atoms. The predicted octanol–water partition coefficient (Wildman–Crippen LogP) is 9.37. The molecule has 0 radical (unpaired) electrons. The molecule has 1 aliphatic rings. The van der Waals surface area contributed by atoms with E-state index >= 15 is 0 Å². The predicted molar refractivity (Wildman–Crippen MR) is 189 cm³/mol. The molecule has 5 aromatic carbocycles. The molecule has 5 heteroatoms. The van der Waals surface area contributed by atoms with Crippen molar-refractivity contribution in [2.75, 3.05) is 0 Å². The summed E-state index contributed by atoms with van der Waals surface area (Å²) in [6, 6.07) is 44.2. The fourth-order valence-corrected chi connectivity index (χ4v) is 6.54. The first-order chi connectivity index (χ1) is 22.3. The van der Waals surface area contributed by atoms with E-state index in [1.807, 2.05) is 42.5 Å². The zero-order chi connectivity index (χ0) is 30.3. The smallest absolute Gasteiger partial charge is 0.211 e. The SMILES string of the molecule is C=Cc1c(/C=C\C)c2ccc3c4ccccc4n(-c4ccccc4)c3c2n1C1=NC(c2ccccc2)N=C(c2ccccc2)N1. The van der Waals surface area contributed by atoms with Gasteiger partial charge in [-0.1, -0.05) is 128 Å². The van der Waals surface area contributed by atoms with Gasteiger partial charge in [-0.3, -0.25) is 4.57 Å². The van der Waals surface area contributed by atoms with E-state index in [0.717, 1.165) is 55.8 Å². The Bertz CT molecular complexity index is 2300. The molecule has 2 aromatic heterocycles. The number of aliphatic imine (C=N–C) groups is 2. The molecule has 8 rings (SSSR count). The lowest BCUT2D eigenvalue weighted by atomic mass is 10.1. The van der Waals surface area contributed by atoms with Crippen LogP contribution in [0.5, 0.6) is 0 Å². The highest BCUT2D eigenvalue weighted by molar-refractivity contribution is 6.22. The van der Waals surface area contributed by atoms with Crippen molar-refractivity contribution >= 4 is 56.7 Å². The van der Waals surface area contributed by atoms with E-state index in [0.29, 0.717) is 5.96 Å². The lowest BCUT2D eigenvalue weighted by Crippen LogP contribution is -2.40. The van der Waals surface area contributed by atoms with Crippen LogP contribution in [0.15, 0.2) is 150 Å². The molecule has 7 aromatic rings. The number of rotatable bonds is 5. The van der Waals surface area contributed by atoms with Gasteiger partial charge in [0.2, 0.25) is 5.96 Å². The number of para-hydroxylation sites is 2. The molecular weight excluding hydrogens is 550 g/mol. The Kier molecular flexibility index (Phi) is 6.50. The van der Waals surface area contributed by atoms with Crippen molar-refractivity contribution in [3.8, 4) is 5.69 Å². The Morgan fingerprint density at radius 1 is 0.667 bits per heavy atom. The third kappa shape index (κ3) is 4.32. The standard InChI is InChI=1S/C40H31N5/c1-3-16-30-32-25-26-33-31-23-14-15-24-35(31)44(29-21-12-7-13-22-29)36(33)37(32)45(34(30)4-2)40-42-38(27-17-8-5-9-18-27)41-39(43-40)28-19-10-6-11-20-28/h3-26,38H,2H2,1H3,(H,41,42,43)/b16-3-. The molecular formula is C40H31N5. The van der Waals surface area contributed by atoms with Crippen molar-refractivity contribution in [3.05, 3.63) is 162 Å². The van der Waals surface area contributed by atoms with Crippen LogP contribution >= 0.6 is 0 Å². The van der Waals surface area contributed by atoms with Crippen LogP contribution in [0.1, 0.15) is 35.5 Å². The maximum atomic E-state index is 5.29. The molecule has 1 aliphatic heterocycles. The largest absolute Gasteiger partial charge is 0.310 e. The van der Waals surface area contributed by atoms with Crippen LogP contribution in [-0.2, 0) is 0 Å². The second kappa shape index (κ2) is 11.0. The van der Waals surface area contributed by atoms with Gasteiger partial charge >= 0.3 is 0 Å². The van der Waals surface area contributed by atoms with E-state index in [1.54, 1.807) is 0 Å². The number of amidine groups is 1. The first kappa shape index (κ1) is 26.7. The van der Waals surface area contributed by atoms with E-state index in [4.69, 9.17) is 9.98 Å². The van der Waals surface area contributed by atoms with Gasteiger partial charge < -0.3 is 9.88 Å². The number of aromatic nitrogens is 2. The van der Waals surface area contributed by atoms with Crippen molar-refractivity contribution in [2.45, 2.75) is 13.1 Å². The number of nitrogens with zero attached hydrogens (tertiary/aromatic N) is 4.